The van der Waals surface area contributed by atoms with Gasteiger partial charge in [0.15, 0.2) is 12.4 Å². The number of hydrogen-bond acceptors (Lipinski definition) is 4. The summed E-state index contributed by atoms with van der Waals surface area (Å²) in [5.74, 6) is 0.985. The fourth-order valence-corrected chi connectivity index (χ4v) is 1.81. The maximum absolute atomic E-state index is 11.8. The van der Waals surface area contributed by atoms with Crippen molar-refractivity contribution in [1.29, 1.82) is 0 Å². The Morgan fingerprint density at radius 2 is 1.55 bits per heavy atom. The van der Waals surface area contributed by atoms with Crippen LogP contribution in [0.3, 0.4) is 0 Å². The first-order chi connectivity index (χ1) is 10.6. The molecular weight excluding hydrogens is 282 g/mol. The lowest BCUT2D eigenvalue weighted by molar-refractivity contribution is -0.118. The summed E-state index contributed by atoms with van der Waals surface area (Å²) in [7, 11) is 1.58. The SMILES string of the molecule is COc1ccc(NC(=O)COc2ccc(C(C)=O)cc2)cc1. The molecule has 0 fully saturated rings. The second-order valence-corrected chi connectivity index (χ2v) is 4.65. The minimum atomic E-state index is -0.263. The molecule has 0 aromatic heterocycles. The number of benzene rings is 2. The highest BCUT2D eigenvalue weighted by Gasteiger charge is 2.05. The summed E-state index contributed by atoms with van der Waals surface area (Å²) in [5.41, 5.74) is 1.27. The molecule has 0 saturated carbocycles. The molecule has 22 heavy (non-hydrogen) atoms. The highest BCUT2D eigenvalue weighted by atomic mass is 16.5. The summed E-state index contributed by atoms with van der Waals surface area (Å²) in [6, 6.07) is 13.7. The summed E-state index contributed by atoms with van der Waals surface area (Å²) in [6.07, 6.45) is 0. The third kappa shape index (κ3) is 4.34. The summed E-state index contributed by atoms with van der Waals surface area (Å²) in [5, 5.41) is 2.72. The van der Waals surface area contributed by atoms with Crippen molar-refractivity contribution in [3.05, 3.63) is 54.1 Å². The van der Waals surface area contributed by atoms with Crippen LogP contribution in [0.2, 0.25) is 0 Å². The largest absolute Gasteiger partial charge is 0.497 e. The van der Waals surface area contributed by atoms with Crippen molar-refractivity contribution < 1.29 is 19.1 Å². The van der Waals surface area contributed by atoms with Gasteiger partial charge in [0.05, 0.1) is 7.11 Å². The van der Waals surface area contributed by atoms with Gasteiger partial charge in [-0.15, -0.1) is 0 Å². The standard InChI is InChI=1S/C17H17NO4/c1-12(19)13-3-7-16(8-4-13)22-11-17(20)18-14-5-9-15(21-2)10-6-14/h3-10H,11H2,1-2H3,(H,18,20). The first-order valence-corrected chi connectivity index (χ1v) is 6.76. The second-order valence-electron chi connectivity index (χ2n) is 4.65. The van der Waals surface area contributed by atoms with Crippen LogP contribution in [-0.4, -0.2) is 25.4 Å². The van der Waals surface area contributed by atoms with Crippen LogP contribution in [0.5, 0.6) is 11.5 Å². The number of ketones is 1. The van der Waals surface area contributed by atoms with E-state index in [-0.39, 0.29) is 18.3 Å². The van der Waals surface area contributed by atoms with Crippen molar-refractivity contribution in [2.75, 3.05) is 19.0 Å². The Balaban J connectivity index is 1.85. The molecule has 0 aliphatic heterocycles. The molecule has 5 nitrogen and oxygen atoms in total. The molecule has 2 aromatic carbocycles. The minimum absolute atomic E-state index is 0.0104. The van der Waals surface area contributed by atoms with E-state index in [0.29, 0.717) is 17.0 Å². The van der Waals surface area contributed by atoms with Gasteiger partial charge >= 0.3 is 0 Å². The van der Waals surface area contributed by atoms with Gasteiger partial charge in [0.25, 0.3) is 5.91 Å². The van der Waals surface area contributed by atoms with Crippen molar-refractivity contribution in [3.63, 3.8) is 0 Å². The Morgan fingerprint density at radius 1 is 0.955 bits per heavy atom. The maximum Gasteiger partial charge on any atom is 0.262 e. The smallest absolute Gasteiger partial charge is 0.262 e. The Kier molecular flexibility index (Phi) is 5.14. The van der Waals surface area contributed by atoms with E-state index < -0.39 is 0 Å². The van der Waals surface area contributed by atoms with E-state index in [9.17, 15) is 9.59 Å². The minimum Gasteiger partial charge on any atom is -0.497 e. The molecule has 0 saturated heterocycles. The number of ether oxygens (including phenoxy) is 2. The molecule has 0 unspecified atom stereocenters. The van der Waals surface area contributed by atoms with Crippen LogP contribution in [0.25, 0.3) is 0 Å². The molecule has 1 amide bonds. The molecule has 0 aliphatic carbocycles. The number of methoxy groups -OCH3 is 1. The average molecular weight is 299 g/mol. The monoisotopic (exact) mass is 299 g/mol. The molecule has 2 aromatic rings. The van der Waals surface area contributed by atoms with Gasteiger partial charge in [0.2, 0.25) is 0 Å². The second kappa shape index (κ2) is 7.26. The summed E-state index contributed by atoms with van der Waals surface area (Å²) in [4.78, 5) is 23.0. The molecule has 0 heterocycles. The number of rotatable bonds is 6. The number of nitrogens with one attached hydrogen (secondary N) is 1. The number of anilines is 1. The lowest BCUT2D eigenvalue weighted by Gasteiger charge is -2.08. The molecular formula is C17H17NO4. The van der Waals surface area contributed by atoms with Crippen molar-refractivity contribution >= 4 is 17.4 Å². The number of amides is 1. The molecule has 5 heteroatoms. The highest BCUT2D eigenvalue weighted by Crippen LogP contribution is 2.15. The van der Waals surface area contributed by atoms with Crippen LogP contribution >= 0.6 is 0 Å². The van der Waals surface area contributed by atoms with Gasteiger partial charge < -0.3 is 14.8 Å². The Morgan fingerprint density at radius 3 is 2.09 bits per heavy atom. The maximum atomic E-state index is 11.8. The molecule has 0 aliphatic rings. The Bertz CT molecular complexity index is 647. The molecule has 0 spiro atoms. The van der Waals surface area contributed by atoms with Crippen LogP contribution in [0.15, 0.2) is 48.5 Å². The van der Waals surface area contributed by atoms with Crippen LogP contribution in [0, 0.1) is 0 Å². The number of carbonyl (C=O) groups excluding carboxylic acids is 2. The van der Waals surface area contributed by atoms with Gasteiger partial charge in [-0.25, -0.2) is 0 Å². The lowest BCUT2D eigenvalue weighted by Crippen LogP contribution is -2.20. The number of Topliss-reactive ketones (excluding diaryl/α,β-unsaturated/α-hetero) is 1. The molecule has 0 bridgehead atoms. The Labute approximate surface area is 128 Å². The lowest BCUT2D eigenvalue weighted by atomic mass is 10.1. The fraction of sp³-hybridized carbons (Fsp3) is 0.176. The van der Waals surface area contributed by atoms with E-state index in [0.717, 1.165) is 5.75 Å². The zero-order chi connectivity index (χ0) is 15.9. The number of carbonyl (C=O) groups is 2. The van der Waals surface area contributed by atoms with Gasteiger partial charge in [-0.2, -0.15) is 0 Å². The first-order valence-electron chi connectivity index (χ1n) is 6.76. The summed E-state index contributed by atoms with van der Waals surface area (Å²) >= 11 is 0. The first kappa shape index (κ1) is 15.6. The van der Waals surface area contributed by atoms with Crippen molar-refractivity contribution in [2.24, 2.45) is 0 Å². The van der Waals surface area contributed by atoms with Crippen LogP contribution in [0.1, 0.15) is 17.3 Å². The third-order valence-electron chi connectivity index (χ3n) is 3.00. The van der Waals surface area contributed by atoms with E-state index in [4.69, 9.17) is 9.47 Å². The molecule has 0 radical (unpaired) electrons. The molecule has 114 valence electrons. The van der Waals surface area contributed by atoms with Gasteiger partial charge in [0, 0.05) is 11.3 Å². The summed E-state index contributed by atoms with van der Waals surface area (Å²) < 4.78 is 10.4. The van der Waals surface area contributed by atoms with E-state index in [2.05, 4.69) is 5.32 Å². The Hall–Kier alpha value is -2.82. The quantitative estimate of drug-likeness (QED) is 0.833. The topological polar surface area (TPSA) is 64.6 Å². The normalized spacial score (nSPS) is 9.91. The molecule has 1 N–H and O–H groups in total. The van der Waals surface area contributed by atoms with E-state index in [1.165, 1.54) is 6.92 Å². The van der Waals surface area contributed by atoms with Crippen LogP contribution in [-0.2, 0) is 4.79 Å². The predicted octanol–water partition coefficient (Wildman–Crippen LogP) is 2.92. The molecule has 0 atom stereocenters. The van der Waals surface area contributed by atoms with E-state index in [1.807, 2.05) is 0 Å². The van der Waals surface area contributed by atoms with E-state index in [1.54, 1.807) is 55.6 Å². The number of hydrogen-bond donors (Lipinski definition) is 1. The predicted molar refractivity (Wildman–Crippen MR) is 83.6 cm³/mol. The van der Waals surface area contributed by atoms with Crippen LogP contribution in [0.4, 0.5) is 5.69 Å². The van der Waals surface area contributed by atoms with Crippen molar-refractivity contribution in [2.45, 2.75) is 6.92 Å². The zero-order valence-electron chi connectivity index (χ0n) is 12.5. The summed E-state index contributed by atoms with van der Waals surface area (Å²) in [6.45, 7) is 1.39. The van der Waals surface area contributed by atoms with Gasteiger partial charge in [0.1, 0.15) is 11.5 Å². The van der Waals surface area contributed by atoms with Crippen molar-refractivity contribution in [1.82, 2.24) is 0 Å². The van der Waals surface area contributed by atoms with Gasteiger partial charge in [-0.1, -0.05) is 0 Å². The fourth-order valence-electron chi connectivity index (χ4n) is 1.81. The van der Waals surface area contributed by atoms with E-state index >= 15 is 0 Å². The molecule has 2 rings (SSSR count). The van der Waals surface area contributed by atoms with Crippen molar-refractivity contribution in [3.8, 4) is 11.5 Å². The van der Waals surface area contributed by atoms with Crippen LogP contribution < -0.4 is 14.8 Å². The zero-order valence-corrected chi connectivity index (χ0v) is 12.5. The third-order valence-corrected chi connectivity index (χ3v) is 3.00. The van der Waals surface area contributed by atoms with Gasteiger partial charge in [-0.3, -0.25) is 9.59 Å². The average Bonchev–Trinajstić information content (AvgIpc) is 2.54. The van der Waals surface area contributed by atoms with Gasteiger partial charge in [-0.05, 0) is 55.5 Å². The highest BCUT2D eigenvalue weighted by molar-refractivity contribution is 5.94.